The van der Waals surface area contributed by atoms with E-state index in [-0.39, 0.29) is 54.2 Å². The van der Waals surface area contributed by atoms with Gasteiger partial charge >= 0.3 is 5.97 Å². The smallest absolute Gasteiger partial charge is 0.313 e. The topological polar surface area (TPSA) is 239 Å². The highest BCUT2D eigenvalue weighted by molar-refractivity contribution is 7.59. The number of likely N-dealkylation sites (N-methyl/N-ethyl adjacent to an activating group) is 1. The average molecular weight is 1030 g/mol. The summed E-state index contributed by atoms with van der Waals surface area (Å²) in [6, 6.07) is 6.87. The lowest BCUT2D eigenvalue weighted by Crippen LogP contribution is -2.56. The quantitative estimate of drug-likeness (QED) is 0.0396. The van der Waals surface area contributed by atoms with Gasteiger partial charge in [-0.1, -0.05) is 77.8 Å². The van der Waals surface area contributed by atoms with Gasteiger partial charge in [0, 0.05) is 99.6 Å². The molecule has 3 N–H and O–H groups in total. The second kappa shape index (κ2) is 27.8. The number of carboxylic acids is 1. The molecule has 2 fully saturated rings. The van der Waals surface area contributed by atoms with E-state index in [1.165, 1.54) is 31.3 Å². The summed E-state index contributed by atoms with van der Waals surface area (Å²) < 4.78 is 25.4. The Labute approximate surface area is 425 Å². The number of imide groups is 1. The van der Waals surface area contributed by atoms with E-state index in [0.717, 1.165) is 0 Å². The van der Waals surface area contributed by atoms with Gasteiger partial charge in [0.05, 0.1) is 36.6 Å². The molecule has 0 aromatic heterocycles. The number of likely N-dealkylation sites (tertiary alicyclic amines) is 1. The van der Waals surface area contributed by atoms with E-state index >= 15 is 0 Å². The lowest BCUT2D eigenvalue weighted by atomic mass is 9.89. The van der Waals surface area contributed by atoms with Crippen LogP contribution in [0.2, 0.25) is 0 Å². The zero-order chi connectivity index (χ0) is 53.4. The minimum Gasteiger partial charge on any atom is -0.481 e. The van der Waals surface area contributed by atoms with Crippen molar-refractivity contribution in [2.75, 3.05) is 80.8 Å². The molecule has 0 bridgehead atoms. The Morgan fingerprint density at radius 3 is 2.06 bits per heavy atom. The van der Waals surface area contributed by atoms with Crippen molar-refractivity contribution in [3.8, 4) is 0 Å². The standard InChI is InChI=1S/C51H81N8O12P/c1-11-35(4)47(55(8)50(67)46(34(2)3)53-51(54(6)7)57-29-27-56(28-30-57)41(60)22-16-13-17-25-59-42(61)23-24-43(59)62)39(70-9)32-44(63)58-26-18-21-38(58)48(71-10)36(5)49(66)52-40(72(68,69)33-45(64)65)31-37-19-14-12-15-20-37/h12,14-15,19-20,23-24,34-36,38-40,46-48H,11,13,16-18,21-22,25-33H2,1-10H3,(H,52,66)(H,64,65)(H,68,69)/b53-51+/t35-,36+,38-,39+,40+,46-,47-,48+/m0/s1. The fraction of sp³-hybridized carbons (Fsp3) is 0.686. The molecule has 1 aromatic carbocycles. The Morgan fingerprint density at radius 1 is 0.875 bits per heavy atom. The minimum atomic E-state index is -4.43. The number of nitrogens with one attached hydrogen (secondary N) is 1. The molecule has 0 spiro atoms. The molecule has 9 atom stereocenters. The van der Waals surface area contributed by atoms with Crippen molar-refractivity contribution in [3.63, 3.8) is 0 Å². The van der Waals surface area contributed by atoms with Gasteiger partial charge in [-0.15, -0.1) is 0 Å². The van der Waals surface area contributed by atoms with Gasteiger partial charge in [-0.05, 0) is 43.1 Å². The number of benzene rings is 1. The number of amides is 6. The summed E-state index contributed by atoms with van der Waals surface area (Å²) in [5.74, 6) is -5.08. The van der Waals surface area contributed by atoms with Crippen molar-refractivity contribution in [2.45, 2.75) is 129 Å². The lowest BCUT2D eigenvalue weighted by Gasteiger charge is -2.41. The molecular weight excluding hydrogens is 948 g/mol. The maximum atomic E-state index is 14.8. The maximum Gasteiger partial charge on any atom is 0.313 e. The van der Waals surface area contributed by atoms with Crippen molar-refractivity contribution in [1.82, 2.24) is 34.7 Å². The number of unbranched alkanes of at least 4 members (excludes halogenated alkanes) is 2. The van der Waals surface area contributed by atoms with Crippen LogP contribution in [0.4, 0.5) is 0 Å². The van der Waals surface area contributed by atoms with Crippen LogP contribution in [0.3, 0.4) is 0 Å². The number of piperazine rings is 1. The Bertz CT molecular complexity index is 2110. The number of carboxylic acid groups (broad SMARTS) is 1. The Kier molecular flexibility index (Phi) is 22.9. The number of carbonyl (C=O) groups excluding carboxylic acids is 6. The Morgan fingerprint density at radius 2 is 1.50 bits per heavy atom. The number of rotatable bonds is 26. The van der Waals surface area contributed by atoms with Crippen LogP contribution in [0.5, 0.6) is 0 Å². The molecule has 0 saturated carbocycles. The minimum absolute atomic E-state index is 0.0456. The molecular formula is C51H81N8O12P. The summed E-state index contributed by atoms with van der Waals surface area (Å²) in [7, 11) is 4.03. The second-order valence-corrected chi connectivity index (χ2v) is 22.4. The zero-order valence-corrected chi connectivity index (χ0v) is 45.0. The van der Waals surface area contributed by atoms with E-state index in [0.29, 0.717) is 95.7 Å². The lowest BCUT2D eigenvalue weighted by molar-refractivity contribution is -0.146. The molecule has 402 valence electrons. The first kappa shape index (κ1) is 59.4. The summed E-state index contributed by atoms with van der Waals surface area (Å²) in [6.45, 7) is 12.3. The number of guanidine groups is 1. The molecule has 0 aliphatic carbocycles. The number of methoxy groups -OCH3 is 2. The maximum absolute atomic E-state index is 14.8. The predicted molar refractivity (Wildman–Crippen MR) is 273 cm³/mol. The number of aliphatic carboxylic acids is 1. The van der Waals surface area contributed by atoms with E-state index in [2.05, 4.69) is 10.2 Å². The van der Waals surface area contributed by atoms with Gasteiger partial charge in [0.2, 0.25) is 31.0 Å². The number of ether oxygens (including phenoxy) is 2. The molecule has 4 rings (SSSR count). The van der Waals surface area contributed by atoms with Crippen LogP contribution in [0, 0.1) is 17.8 Å². The third-order valence-corrected chi connectivity index (χ3v) is 16.3. The van der Waals surface area contributed by atoms with Crippen LogP contribution in [0.25, 0.3) is 0 Å². The summed E-state index contributed by atoms with van der Waals surface area (Å²) >= 11 is 0. The van der Waals surface area contributed by atoms with Gasteiger partial charge in [0.1, 0.15) is 18.0 Å². The van der Waals surface area contributed by atoms with Gasteiger partial charge in [0.25, 0.3) is 11.8 Å². The second-order valence-electron chi connectivity index (χ2n) is 20.0. The van der Waals surface area contributed by atoms with Crippen molar-refractivity contribution >= 4 is 54.7 Å². The number of hydrogen-bond donors (Lipinski definition) is 3. The van der Waals surface area contributed by atoms with E-state index < -0.39 is 67.4 Å². The van der Waals surface area contributed by atoms with Crippen LogP contribution in [0.1, 0.15) is 91.5 Å². The fourth-order valence-corrected chi connectivity index (χ4v) is 11.5. The number of aliphatic imine (C=N–C) groups is 1. The molecule has 0 radical (unpaired) electrons. The van der Waals surface area contributed by atoms with Gasteiger partial charge in [-0.2, -0.15) is 0 Å². The van der Waals surface area contributed by atoms with E-state index in [9.17, 15) is 48.1 Å². The molecule has 3 aliphatic rings. The predicted octanol–water partition coefficient (Wildman–Crippen LogP) is 3.52. The highest BCUT2D eigenvalue weighted by Gasteiger charge is 2.44. The summed E-state index contributed by atoms with van der Waals surface area (Å²) in [5.41, 5.74) is 0.641. The van der Waals surface area contributed by atoms with Crippen LogP contribution in [-0.2, 0) is 54.0 Å². The third-order valence-electron chi connectivity index (χ3n) is 14.3. The highest BCUT2D eigenvalue weighted by atomic mass is 31.2. The number of carbonyl (C=O) groups is 7. The average Bonchev–Trinajstić information content (AvgIpc) is 3.96. The largest absolute Gasteiger partial charge is 0.481 e. The first-order chi connectivity index (χ1) is 34.1. The molecule has 20 nitrogen and oxygen atoms in total. The molecule has 72 heavy (non-hydrogen) atoms. The molecule has 1 unspecified atom stereocenters. The fourth-order valence-electron chi connectivity index (χ4n) is 10.0. The van der Waals surface area contributed by atoms with Gasteiger partial charge in [-0.25, -0.2) is 4.99 Å². The third kappa shape index (κ3) is 15.9. The Hall–Kier alpha value is -5.17. The van der Waals surface area contributed by atoms with E-state index in [1.54, 1.807) is 54.1 Å². The monoisotopic (exact) mass is 1030 g/mol. The molecule has 21 heteroatoms. The van der Waals surface area contributed by atoms with Crippen molar-refractivity contribution in [3.05, 3.63) is 48.0 Å². The molecule has 6 amide bonds. The Balaban J connectivity index is 1.43. The van der Waals surface area contributed by atoms with Crippen molar-refractivity contribution in [1.29, 1.82) is 0 Å². The SMILES string of the molecule is CC[C@H](C)[C@@H]([C@@H](CC(=O)N1CCC[C@H]1[C@H](OC)[C@@H](C)C(=O)N[C@@H](Cc1ccccc1)P(=O)(O)CC(=O)O)OC)N(C)C(=O)[C@@H](/N=C(\N(C)C)N1CCN(C(=O)CCCCCN2C(=O)C=CC2=O)CC1)C(C)C. The van der Waals surface area contributed by atoms with Crippen LogP contribution in [0.15, 0.2) is 47.5 Å². The molecule has 2 saturated heterocycles. The summed E-state index contributed by atoms with van der Waals surface area (Å²) in [6.07, 6.45) is 4.04. The zero-order valence-electron chi connectivity index (χ0n) is 44.1. The van der Waals surface area contributed by atoms with Crippen LogP contribution in [-0.4, -0.2) is 204 Å². The first-order valence-electron chi connectivity index (χ1n) is 25.4. The van der Waals surface area contributed by atoms with Crippen LogP contribution >= 0.6 is 7.37 Å². The molecule has 1 aromatic rings. The van der Waals surface area contributed by atoms with Crippen molar-refractivity contribution < 1.29 is 57.6 Å². The van der Waals surface area contributed by atoms with E-state index in [1.807, 2.05) is 51.6 Å². The van der Waals surface area contributed by atoms with Gasteiger partial charge in [0.15, 0.2) is 5.96 Å². The normalized spacial score (nSPS) is 20.2. The van der Waals surface area contributed by atoms with Gasteiger partial charge in [-0.3, -0.25) is 43.0 Å². The van der Waals surface area contributed by atoms with E-state index in [4.69, 9.17) is 14.5 Å². The summed E-state index contributed by atoms with van der Waals surface area (Å²) in [4.78, 5) is 118. The summed E-state index contributed by atoms with van der Waals surface area (Å²) in [5, 5.41) is 12.1. The molecule has 3 heterocycles. The van der Waals surface area contributed by atoms with Crippen molar-refractivity contribution in [2.24, 2.45) is 22.7 Å². The molecule has 3 aliphatic heterocycles. The number of hydrogen-bond acceptors (Lipinski definition) is 11. The highest BCUT2D eigenvalue weighted by Crippen LogP contribution is 2.46. The first-order valence-corrected chi connectivity index (χ1v) is 27.3. The van der Waals surface area contributed by atoms with Crippen LogP contribution < -0.4 is 5.32 Å². The number of nitrogens with zero attached hydrogens (tertiary/aromatic N) is 7. The van der Waals surface area contributed by atoms with Gasteiger partial charge < -0.3 is 49.3 Å².